The minimum Gasteiger partial charge on any atom is -0.460 e. The molecule has 1 saturated heterocycles. The van der Waals surface area contributed by atoms with Gasteiger partial charge in [0.2, 0.25) is 0 Å². The molecular formula is C17H22BNO4. The second kappa shape index (κ2) is 7.63. The highest BCUT2D eigenvalue weighted by molar-refractivity contribution is 6.61. The van der Waals surface area contributed by atoms with E-state index in [0.717, 1.165) is 5.46 Å². The summed E-state index contributed by atoms with van der Waals surface area (Å²) in [6.45, 7) is 5.50. The Morgan fingerprint density at radius 3 is 2.57 bits per heavy atom. The summed E-state index contributed by atoms with van der Waals surface area (Å²) in [5.41, 5.74) is 0.358. The van der Waals surface area contributed by atoms with Crippen LogP contribution in [-0.2, 0) is 18.8 Å². The van der Waals surface area contributed by atoms with E-state index in [1.807, 2.05) is 51.1 Å². The molecule has 0 saturated carbocycles. The Bertz CT molecular complexity index is 564. The number of esters is 1. The molecule has 122 valence electrons. The summed E-state index contributed by atoms with van der Waals surface area (Å²) in [4.78, 5) is 12.0. The minimum atomic E-state index is -0.560. The number of carbonyl (C=O) groups is 1. The van der Waals surface area contributed by atoms with Crippen molar-refractivity contribution in [3.63, 3.8) is 0 Å². The first-order valence-corrected chi connectivity index (χ1v) is 7.82. The van der Waals surface area contributed by atoms with E-state index in [4.69, 9.17) is 19.3 Å². The second-order valence-corrected chi connectivity index (χ2v) is 6.65. The molecule has 0 aromatic heterocycles. The Hall–Kier alpha value is -1.84. The Kier molecular flexibility index (Phi) is 5.81. The molecule has 6 heteroatoms. The van der Waals surface area contributed by atoms with Crippen molar-refractivity contribution in [1.29, 1.82) is 5.26 Å². The van der Waals surface area contributed by atoms with Gasteiger partial charge in [-0.15, -0.1) is 0 Å². The predicted molar refractivity (Wildman–Crippen MR) is 86.9 cm³/mol. The van der Waals surface area contributed by atoms with E-state index in [2.05, 4.69) is 6.07 Å². The van der Waals surface area contributed by atoms with Gasteiger partial charge >= 0.3 is 13.1 Å². The molecular weight excluding hydrogens is 293 g/mol. The maximum atomic E-state index is 12.0. The fraction of sp³-hybridized carbons (Fsp3) is 0.529. The van der Waals surface area contributed by atoms with Crippen molar-refractivity contribution in [2.24, 2.45) is 0 Å². The van der Waals surface area contributed by atoms with Gasteiger partial charge in [-0.1, -0.05) is 30.3 Å². The van der Waals surface area contributed by atoms with Crippen LogP contribution in [0.5, 0.6) is 0 Å². The molecule has 0 radical (unpaired) electrons. The molecule has 1 aromatic carbocycles. The predicted octanol–water partition coefficient (Wildman–Crippen LogP) is 2.20. The summed E-state index contributed by atoms with van der Waals surface area (Å²) < 4.78 is 17.1. The summed E-state index contributed by atoms with van der Waals surface area (Å²) in [7, 11) is -0.560. The van der Waals surface area contributed by atoms with E-state index in [1.165, 1.54) is 0 Å². The molecule has 0 N–H and O–H groups in total. The zero-order chi connectivity index (χ0) is 16.9. The monoisotopic (exact) mass is 315 g/mol. The van der Waals surface area contributed by atoms with Crippen molar-refractivity contribution in [1.82, 2.24) is 0 Å². The van der Waals surface area contributed by atoms with Crippen LogP contribution in [0.1, 0.15) is 40.0 Å². The van der Waals surface area contributed by atoms with Gasteiger partial charge in [-0.2, -0.15) is 5.26 Å². The van der Waals surface area contributed by atoms with Gasteiger partial charge in [0.25, 0.3) is 0 Å². The lowest BCUT2D eigenvalue weighted by Crippen LogP contribution is -2.49. The van der Waals surface area contributed by atoms with Crippen LogP contribution in [0.4, 0.5) is 0 Å². The second-order valence-electron chi connectivity index (χ2n) is 6.65. The van der Waals surface area contributed by atoms with Crippen LogP contribution in [0.3, 0.4) is 0 Å². The van der Waals surface area contributed by atoms with E-state index in [1.54, 1.807) is 0 Å². The summed E-state index contributed by atoms with van der Waals surface area (Å²) >= 11 is 0. The number of nitrogens with zero attached hydrogens (tertiary/aromatic N) is 1. The summed E-state index contributed by atoms with van der Waals surface area (Å²) in [5.74, 6) is -0.299. The molecule has 0 unspecified atom stereocenters. The van der Waals surface area contributed by atoms with Gasteiger partial charge in [0.05, 0.1) is 31.1 Å². The third kappa shape index (κ3) is 5.70. The average molecular weight is 315 g/mol. The lowest BCUT2D eigenvalue weighted by Gasteiger charge is -2.33. The van der Waals surface area contributed by atoms with E-state index < -0.39 is 12.7 Å². The summed E-state index contributed by atoms with van der Waals surface area (Å²) in [6.07, 6.45) is 0.382. The van der Waals surface area contributed by atoms with Crippen molar-refractivity contribution in [2.75, 3.05) is 0 Å². The number of hydrogen-bond acceptors (Lipinski definition) is 5. The Morgan fingerprint density at radius 1 is 1.30 bits per heavy atom. The zero-order valence-electron chi connectivity index (χ0n) is 13.8. The fourth-order valence-corrected chi connectivity index (χ4v) is 2.49. The molecule has 1 aromatic rings. The molecule has 23 heavy (non-hydrogen) atoms. The van der Waals surface area contributed by atoms with Gasteiger partial charge in [-0.25, -0.2) is 0 Å². The number of benzene rings is 1. The SMILES string of the molecule is CC(C)(C)OC(=O)C[C@@H]1C[C@@H](CC#N)OB(c2ccccc2)O1. The topological polar surface area (TPSA) is 68.6 Å². The Labute approximate surface area is 137 Å². The first-order valence-electron chi connectivity index (χ1n) is 7.82. The van der Waals surface area contributed by atoms with Gasteiger partial charge < -0.3 is 14.0 Å². The maximum absolute atomic E-state index is 12.0. The number of hydrogen-bond donors (Lipinski definition) is 0. The quantitative estimate of drug-likeness (QED) is 0.629. The minimum absolute atomic E-state index is 0.159. The highest BCUT2D eigenvalue weighted by Gasteiger charge is 2.36. The third-order valence-corrected chi connectivity index (χ3v) is 3.36. The van der Waals surface area contributed by atoms with E-state index in [0.29, 0.717) is 6.42 Å². The highest BCUT2D eigenvalue weighted by Crippen LogP contribution is 2.22. The van der Waals surface area contributed by atoms with Crippen molar-refractivity contribution in [3.05, 3.63) is 30.3 Å². The van der Waals surface area contributed by atoms with Gasteiger partial charge in [-0.3, -0.25) is 4.79 Å². The highest BCUT2D eigenvalue weighted by atomic mass is 16.6. The average Bonchev–Trinajstić information content (AvgIpc) is 2.46. The van der Waals surface area contributed by atoms with Crippen LogP contribution < -0.4 is 5.46 Å². The van der Waals surface area contributed by atoms with Crippen LogP contribution >= 0.6 is 0 Å². The fourth-order valence-electron chi connectivity index (χ4n) is 2.49. The number of rotatable bonds is 4. The Balaban J connectivity index is 2.04. The van der Waals surface area contributed by atoms with Gasteiger partial charge in [-0.05, 0) is 32.7 Å². The van der Waals surface area contributed by atoms with Crippen molar-refractivity contribution in [3.8, 4) is 6.07 Å². The largest absolute Gasteiger partial charge is 0.494 e. The molecule has 5 nitrogen and oxygen atoms in total. The normalized spacial score (nSPS) is 21.6. The zero-order valence-corrected chi connectivity index (χ0v) is 13.8. The Morgan fingerprint density at radius 2 is 1.96 bits per heavy atom. The van der Waals surface area contributed by atoms with Gasteiger partial charge in [0.15, 0.2) is 0 Å². The number of carbonyl (C=O) groups excluding carboxylic acids is 1. The van der Waals surface area contributed by atoms with Gasteiger partial charge in [0.1, 0.15) is 5.60 Å². The molecule has 0 spiro atoms. The molecule has 2 atom stereocenters. The van der Waals surface area contributed by atoms with Crippen molar-refractivity contribution in [2.45, 2.75) is 57.8 Å². The van der Waals surface area contributed by atoms with Crippen LogP contribution in [0, 0.1) is 11.3 Å². The molecule has 0 amide bonds. The number of nitriles is 1. The molecule has 1 aliphatic rings. The lowest BCUT2D eigenvalue weighted by atomic mass is 9.76. The molecule has 2 rings (SSSR count). The van der Waals surface area contributed by atoms with E-state index in [9.17, 15) is 4.79 Å². The van der Waals surface area contributed by atoms with Crippen molar-refractivity contribution >= 4 is 18.6 Å². The number of ether oxygens (including phenoxy) is 1. The molecule has 0 bridgehead atoms. The smallest absolute Gasteiger partial charge is 0.460 e. The van der Waals surface area contributed by atoms with E-state index >= 15 is 0 Å². The van der Waals surface area contributed by atoms with Crippen LogP contribution in [-0.4, -0.2) is 30.9 Å². The molecule has 1 fully saturated rings. The maximum Gasteiger partial charge on any atom is 0.494 e. The van der Waals surface area contributed by atoms with Crippen LogP contribution in [0.2, 0.25) is 0 Å². The van der Waals surface area contributed by atoms with Crippen LogP contribution in [0.25, 0.3) is 0 Å². The standard InChI is InChI=1S/C17H22BNO4/c1-17(2,3)21-16(20)12-15-11-14(9-10-19)22-18(23-15)13-7-5-4-6-8-13/h4-8,14-15H,9,11-12H2,1-3H3/t14-,15+/m1/s1. The lowest BCUT2D eigenvalue weighted by molar-refractivity contribution is -0.157. The molecule has 1 aliphatic heterocycles. The summed E-state index contributed by atoms with van der Waals surface area (Å²) in [5, 5.41) is 8.93. The molecule has 0 aliphatic carbocycles. The van der Waals surface area contributed by atoms with E-state index in [-0.39, 0.29) is 31.0 Å². The first kappa shape index (κ1) is 17.5. The van der Waals surface area contributed by atoms with Crippen molar-refractivity contribution < 1.29 is 18.8 Å². The molecule has 1 heterocycles. The first-order chi connectivity index (χ1) is 10.9. The third-order valence-electron chi connectivity index (χ3n) is 3.36. The summed E-state index contributed by atoms with van der Waals surface area (Å²) in [6, 6.07) is 11.7. The van der Waals surface area contributed by atoms with Gasteiger partial charge in [0, 0.05) is 0 Å². The van der Waals surface area contributed by atoms with Crippen LogP contribution in [0.15, 0.2) is 30.3 Å².